The molecule has 1 aliphatic heterocycles. The molecule has 126 valence electrons. The van der Waals surface area contributed by atoms with Crippen molar-refractivity contribution in [3.8, 4) is 23.3 Å². The maximum atomic E-state index is 11.7. The first-order chi connectivity index (χ1) is 11.6. The molecule has 1 saturated heterocycles. The van der Waals surface area contributed by atoms with E-state index in [2.05, 4.69) is 17.2 Å². The molecule has 1 N–H and O–H groups in total. The van der Waals surface area contributed by atoms with Crippen molar-refractivity contribution in [1.29, 1.82) is 0 Å². The topological polar surface area (TPSA) is 84.9 Å². The summed E-state index contributed by atoms with van der Waals surface area (Å²) in [6.45, 7) is 0.0146. The first-order valence-corrected chi connectivity index (χ1v) is 7.43. The molecule has 0 saturated carbocycles. The number of carbonyl (C=O) groups excluding carboxylic acids is 3. The van der Waals surface area contributed by atoms with Crippen LogP contribution in [-0.4, -0.2) is 49.4 Å². The summed E-state index contributed by atoms with van der Waals surface area (Å²) in [5.41, 5.74) is 0. The number of hydrogen-bond acceptors (Lipinski definition) is 5. The van der Waals surface area contributed by atoms with E-state index in [0.29, 0.717) is 11.5 Å². The van der Waals surface area contributed by atoms with Crippen LogP contribution in [0.2, 0.25) is 0 Å². The van der Waals surface area contributed by atoms with Crippen LogP contribution in [-0.2, 0) is 14.4 Å². The van der Waals surface area contributed by atoms with Gasteiger partial charge in [-0.05, 0) is 12.1 Å². The third-order valence-electron chi connectivity index (χ3n) is 3.32. The molecule has 3 amide bonds. The lowest BCUT2D eigenvalue weighted by molar-refractivity contribution is -0.142. The first kappa shape index (κ1) is 17.3. The van der Waals surface area contributed by atoms with Crippen LogP contribution in [0.15, 0.2) is 24.3 Å². The maximum Gasteiger partial charge on any atom is 0.240 e. The zero-order chi connectivity index (χ0) is 17.4. The number of benzene rings is 1. The highest BCUT2D eigenvalue weighted by Gasteiger charge is 2.30. The Bertz CT molecular complexity index is 674. The molecular weight excluding hydrogens is 312 g/mol. The summed E-state index contributed by atoms with van der Waals surface area (Å²) >= 11 is 0. The number of amides is 3. The summed E-state index contributed by atoms with van der Waals surface area (Å²) < 4.78 is 10.6. The smallest absolute Gasteiger partial charge is 0.240 e. The second-order valence-electron chi connectivity index (χ2n) is 4.94. The van der Waals surface area contributed by atoms with Crippen LogP contribution in [0.4, 0.5) is 0 Å². The van der Waals surface area contributed by atoms with Crippen LogP contribution in [0.3, 0.4) is 0 Å². The summed E-state index contributed by atoms with van der Waals surface area (Å²) in [6, 6.07) is 7.21. The number of imide groups is 1. The normalized spacial score (nSPS) is 13.3. The minimum absolute atomic E-state index is 0.115. The predicted molar refractivity (Wildman–Crippen MR) is 85.2 cm³/mol. The van der Waals surface area contributed by atoms with Crippen molar-refractivity contribution in [2.75, 3.05) is 26.8 Å². The number of likely N-dealkylation sites (tertiary alicyclic amines) is 1. The summed E-state index contributed by atoms with van der Waals surface area (Å²) in [5.74, 6) is 5.66. The molecule has 2 rings (SSSR count). The highest BCUT2D eigenvalue weighted by atomic mass is 16.5. The predicted octanol–water partition coefficient (Wildman–Crippen LogP) is 0.343. The monoisotopic (exact) mass is 330 g/mol. The molecule has 0 aliphatic carbocycles. The molecule has 1 fully saturated rings. The SMILES string of the molecule is COc1ccccc1OCC#CCNC(=O)CN1C(=O)CCC1=O. The number of ether oxygens (including phenoxy) is 2. The van der Waals surface area contributed by atoms with Gasteiger partial charge in [-0.2, -0.15) is 0 Å². The van der Waals surface area contributed by atoms with E-state index in [0.717, 1.165) is 4.90 Å². The lowest BCUT2D eigenvalue weighted by Crippen LogP contribution is -2.40. The molecule has 1 aliphatic rings. The lowest BCUT2D eigenvalue weighted by Gasteiger charge is -2.12. The average molecular weight is 330 g/mol. The van der Waals surface area contributed by atoms with Crippen LogP contribution >= 0.6 is 0 Å². The zero-order valence-electron chi connectivity index (χ0n) is 13.3. The van der Waals surface area contributed by atoms with Gasteiger partial charge in [0, 0.05) is 12.8 Å². The molecule has 7 heteroatoms. The van der Waals surface area contributed by atoms with Crippen molar-refractivity contribution in [1.82, 2.24) is 10.2 Å². The molecule has 0 aromatic heterocycles. The van der Waals surface area contributed by atoms with Gasteiger partial charge in [-0.3, -0.25) is 19.3 Å². The van der Waals surface area contributed by atoms with Crippen molar-refractivity contribution >= 4 is 17.7 Å². The average Bonchev–Trinajstić information content (AvgIpc) is 2.90. The Balaban J connectivity index is 1.69. The number of hydrogen-bond donors (Lipinski definition) is 1. The van der Waals surface area contributed by atoms with Gasteiger partial charge in [0.15, 0.2) is 11.5 Å². The van der Waals surface area contributed by atoms with Gasteiger partial charge in [0.05, 0.1) is 13.7 Å². The Hall–Kier alpha value is -3.01. The summed E-state index contributed by atoms with van der Waals surface area (Å²) in [5, 5.41) is 2.53. The number of para-hydroxylation sites is 2. The molecule has 0 atom stereocenters. The fourth-order valence-corrected chi connectivity index (χ4v) is 2.11. The van der Waals surface area contributed by atoms with E-state index < -0.39 is 5.91 Å². The largest absolute Gasteiger partial charge is 0.493 e. The maximum absolute atomic E-state index is 11.7. The van der Waals surface area contributed by atoms with Gasteiger partial charge in [-0.1, -0.05) is 24.0 Å². The molecule has 0 bridgehead atoms. The van der Waals surface area contributed by atoms with Crippen molar-refractivity contribution in [2.24, 2.45) is 0 Å². The zero-order valence-corrected chi connectivity index (χ0v) is 13.3. The molecular formula is C17H18N2O5. The molecule has 1 aromatic rings. The Morgan fingerprint density at radius 3 is 2.50 bits per heavy atom. The van der Waals surface area contributed by atoms with Gasteiger partial charge < -0.3 is 14.8 Å². The number of rotatable bonds is 6. The minimum Gasteiger partial charge on any atom is -0.493 e. The fraction of sp³-hybridized carbons (Fsp3) is 0.353. The van der Waals surface area contributed by atoms with Gasteiger partial charge in [0.1, 0.15) is 13.2 Å². The number of nitrogens with zero attached hydrogens (tertiary/aromatic N) is 1. The summed E-state index contributed by atoms with van der Waals surface area (Å²) in [4.78, 5) is 35.4. The standard InChI is InChI=1S/C17H18N2O5/c1-23-13-6-2-3-7-14(13)24-11-5-4-10-18-15(20)12-19-16(21)8-9-17(19)22/h2-3,6-7H,8-12H2,1H3,(H,18,20). The molecule has 24 heavy (non-hydrogen) atoms. The number of nitrogens with one attached hydrogen (secondary N) is 1. The minimum atomic E-state index is -0.418. The molecule has 0 spiro atoms. The summed E-state index contributed by atoms with van der Waals surface area (Å²) in [6.07, 6.45) is 0.346. The van der Waals surface area contributed by atoms with Gasteiger partial charge in [0.2, 0.25) is 17.7 Å². The van der Waals surface area contributed by atoms with Crippen molar-refractivity contribution in [2.45, 2.75) is 12.8 Å². The second kappa shape index (κ2) is 8.58. The van der Waals surface area contributed by atoms with E-state index in [1.165, 1.54) is 0 Å². The summed E-state index contributed by atoms with van der Waals surface area (Å²) in [7, 11) is 1.55. The van der Waals surface area contributed by atoms with E-state index in [1.54, 1.807) is 19.2 Å². The quantitative estimate of drug-likeness (QED) is 0.601. The molecule has 0 radical (unpaired) electrons. The Kier molecular flexibility index (Phi) is 6.20. The number of carbonyl (C=O) groups is 3. The molecule has 0 unspecified atom stereocenters. The fourth-order valence-electron chi connectivity index (χ4n) is 2.11. The van der Waals surface area contributed by atoms with Crippen LogP contribution in [0, 0.1) is 11.8 Å². The number of methoxy groups -OCH3 is 1. The Labute approximate surface area is 139 Å². The highest BCUT2D eigenvalue weighted by Crippen LogP contribution is 2.25. The van der Waals surface area contributed by atoms with Crippen LogP contribution in [0.1, 0.15) is 12.8 Å². The van der Waals surface area contributed by atoms with Crippen LogP contribution in [0.5, 0.6) is 11.5 Å². The third-order valence-corrected chi connectivity index (χ3v) is 3.32. The van der Waals surface area contributed by atoms with Gasteiger partial charge in [-0.25, -0.2) is 0 Å². The van der Waals surface area contributed by atoms with E-state index >= 15 is 0 Å². The highest BCUT2D eigenvalue weighted by molar-refractivity contribution is 6.04. The molecule has 7 nitrogen and oxygen atoms in total. The third kappa shape index (κ3) is 4.74. The lowest BCUT2D eigenvalue weighted by atomic mass is 10.3. The van der Waals surface area contributed by atoms with Crippen LogP contribution in [0.25, 0.3) is 0 Å². The van der Waals surface area contributed by atoms with E-state index in [4.69, 9.17) is 9.47 Å². The van der Waals surface area contributed by atoms with Gasteiger partial charge >= 0.3 is 0 Å². The second-order valence-corrected chi connectivity index (χ2v) is 4.94. The van der Waals surface area contributed by atoms with E-state index in [1.807, 2.05) is 12.1 Å². The van der Waals surface area contributed by atoms with Crippen molar-refractivity contribution in [3.05, 3.63) is 24.3 Å². The molecule has 1 aromatic carbocycles. The van der Waals surface area contributed by atoms with Crippen molar-refractivity contribution in [3.63, 3.8) is 0 Å². The van der Waals surface area contributed by atoms with E-state index in [-0.39, 0.29) is 44.4 Å². The van der Waals surface area contributed by atoms with Crippen LogP contribution < -0.4 is 14.8 Å². The Morgan fingerprint density at radius 2 is 1.83 bits per heavy atom. The van der Waals surface area contributed by atoms with Gasteiger partial charge in [0.25, 0.3) is 0 Å². The Morgan fingerprint density at radius 1 is 1.17 bits per heavy atom. The first-order valence-electron chi connectivity index (χ1n) is 7.43. The van der Waals surface area contributed by atoms with E-state index in [9.17, 15) is 14.4 Å². The van der Waals surface area contributed by atoms with Gasteiger partial charge in [-0.15, -0.1) is 0 Å². The molecule has 1 heterocycles. The van der Waals surface area contributed by atoms with Crippen molar-refractivity contribution < 1.29 is 23.9 Å².